The molecular weight excluding hydrogens is 178 g/mol. The summed E-state index contributed by atoms with van der Waals surface area (Å²) in [5.41, 5.74) is 2.55. The number of benzene rings is 1. The Morgan fingerprint density at radius 1 is 1.54 bits per heavy atom. The Morgan fingerprint density at radius 3 is 2.77 bits per heavy atom. The van der Waals surface area contributed by atoms with Crippen LogP contribution in [0.2, 0.25) is 0 Å². The molecule has 70 valence electrons. The molecule has 0 radical (unpaired) electrons. The van der Waals surface area contributed by atoms with Gasteiger partial charge in [0.15, 0.2) is 0 Å². The summed E-state index contributed by atoms with van der Waals surface area (Å²) in [5.74, 6) is 0. The molecule has 0 bridgehead atoms. The molecule has 13 heavy (non-hydrogen) atoms. The summed E-state index contributed by atoms with van der Waals surface area (Å²) in [5, 5.41) is 3.16. The van der Waals surface area contributed by atoms with Crippen LogP contribution in [0, 0.1) is 6.92 Å². The summed E-state index contributed by atoms with van der Waals surface area (Å²) >= 11 is 4.28. The van der Waals surface area contributed by atoms with Crippen molar-refractivity contribution in [3.8, 4) is 0 Å². The van der Waals surface area contributed by atoms with E-state index in [1.54, 1.807) is 6.20 Å². The molecule has 0 aliphatic heterocycles. The molecule has 0 aromatic heterocycles. The first-order valence-corrected chi connectivity index (χ1v) is 4.76. The number of rotatable bonds is 3. The van der Waals surface area contributed by atoms with Gasteiger partial charge in [-0.25, -0.2) is 0 Å². The van der Waals surface area contributed by atoms with Gasteiger partial charge in [0.2, 0.25) is 0 Å². The Balaban J connectivity index is 2.94. The average Bonchev–Trinajstić information content (AvgIpc) is 2.04. The van der Waals surface area contributed by atoms with Gasteiger partial charge < -0.3 is 5.32 Å². The van der Waals surface area contributed by atoms with Gasteiger partial charge in [-0.2, -0.15) is 0 Å². The second-order valence-electron chi connectivity index (χ2n) is 3.13. The van der Waals surface area contributed by atoms with Gasteiger partial charge in [-0.15, -0.1) is 12.6 Å². The van der Waals surface area contributed by atoms with Crippen molar-refractivity contribution < 1.29 is 0 Å². The van der Waals surface area contributed by atoms with Crippen molar-refractivity contribution in [1.29, 1.82) is 0 Å². The lowest BCUT2D eigenvalue weighted by atomic mass is 10.0. The second kappa shape index (κ2) is 4.38. The minimum atomic E-state index is 0.312. The van der Waals surface area contributed by atoms with Crippen LogP contribution in [0.15, 0.2) is 35.9 Å². The van der Waals surface area contributed by atoms with Crippen molar-refractivity contribution in [1.82, 2.24) is 5.32 Å². The third kappa shape index (κ3) is 2.52. The highest BCUT2D eigenvalue weighted by molar-refractivity contribution is 7.80. The maximum absolute atomic E-state index is 4.28. The summed E-state index contributed by atoms with van der Waals surface area (Å²) in [7, 11) is 0. The number of hydrogen-bond donors (Lipinski definition) is 2. The largest absolute Gasteiger partial charge is 0.385 e. The van der Waals surface area contributed by atoms with Crippen molar-refractivity contribution in [2.24, 2.45) is 0 Å². The highest BCUT2D eigenvalue weighted by atomic mass is 32.1. The maximum atomic E-state index is 4.28. The van der Waals surface area contributed by atoms with Gasteiger partial charge in [-0.3, -0.25) is 0 Å². The number of aryl methyl sites for hydroxylation is 1. The van der Waals surface area contributed by atoms with Crippen molar-refractivity contribution >= 4 is 12.6 Å². The van der Waals surface area contributed by atoms with Crippen LogP contribution in [0.1, 0.15) is 24.1 Å². The summed E-state index contributed by atoms with van der Waals surface area (Å²) in [6.45, 7) is 7.85. The van der Waals surface area contributed by atoms with Crippen LogP contribution in [0.3, 0.4) is 0 Å². The van der Waals surface area contributed by atoms with E-state index in [4.69, 9.17) is 0 Å². The molecule has 1 atom stereocenters. The summed E-state index contributed by atoms with van der Waals surface area (Å²) in [6.07, 6.45) is 1.72. The zero-order valence-corrected chi connectivity index (χ0v) is 8.94. The van der Waals surface area contributed by atoms with E-state index in [9.17, 15) is 0 Å². The number of hydrogen-bond acceptors (Lipinski definition) is 2. The molecule has 0 amide bonds. The van der Waals surface area contributed by atoms with Gasteiger partial charge in [0.05, 0.1) is 0 Å². The standard InChI is InChI=1S/C11H15NS/c1-4-12-9(3)11-6-5-10(13)7-8(11)2/h4-7,9,12-13H,1H2,2-3H3. The van der Waals surface area contributed by atoms with Crippen LogP contribution in [-0.2, 0) is 0 Å². The van der Waals surface area contributed by atoms with E-state index < -0.39 is 0 Å². The summed E-state index contributed by atoms with van der Waals surface area (Å²) in [6, 6.07) is 6.48. The normalized spacial score (nSPS) is 12.2. The van der Waals surface area contributed by atoms with E-state index in [1.807, 2.05) is 6.07 Å². The van der Waals surface area contributed by atoms with E-state index >= 15 is 0 Å². The Hall–Kier alpha value is -0.890. The van der Waals surface area contributed by atoms with Crippen LogP contribution >= 0.6 is 12.6 Å². The van der Waals surface area contributed by atoms with Crippen molar-refractivity contribution in [3.63, 3.8) is 0 Å². The summed E-state index contributed by atoms with van der Waals surface area (Å²) < 4.78 is 0. The predicted molar refractivity (Wildman–Crippen MR) is 60.2 cm³/mol. The molecule has 1 rings (SSSR count). The second-order valence-corrected chi connectivity index (χ2v) is 3.65. The van der Waals surface area contributed by atoms with Crippen molar-refractivity contribution in [2.75, 3.05) is 0 Å². The van der Waals surface area contributed by atoms with E-state index in [-0.39, 0.29) is 0 Å². The van der Waals surface area contributed by atoms with Crippen molar-refractivity contribution in [2.45, 2.75) is 24.8 Å². The first kappa shape index (κ1) is 10.2. The minimum Gasteiger partial charge on any atom is -0.385 e. The lowest BCUT2D eigenvalue weighted by Crippen LogP contribution is -2.12. The lowest BCUT2D eigenvalue weighted by Gasteiger charge is -2.14. The smallest absolute Gasteiger partial charge is 0.0482 e. The van der Waals surface area contributed by atoms with Gasteiger partial charge >= 0.3 is 0 Å². The van der Waals surface area contributed by atoms with Crippen molar-refractivity contribution in [3.05, 3.63) is 42.1 Å². The molecule has 1 aromatic rings. The molecule has 0 spiro atoms. The first-order valence-electron chi connectivity index (χ1n) is 4.31. The fourth-order valence-electron chi connectivity index (χ4n) is 1.41. The number of thiol groups is 1. The highest BCUT2D eigenvalue weighted by Crippen LogP contribution is 2.19. The van der Waals surface area contributed by atoms with E-state index in [0.29, 0.717) is 6.04 Å². The molecule has 0 heterocycles. The molecule has 2 heteroatoms. The van der Waals surface area contributed by atoms with E-state index in [2.05, 4.69) is 50.5 Å². The molecule has 1 N–H and O–H groups in total. The van der Waals surface area contributed by atoms with Gasteiger partial charge in [-0.1, -0.05) is 12.6 Å². The fraction of sp³-hybridized carbons (Fsp3) is 0.273. The predicted octanol–water partition coefficient (Wildman–Crippen LogP) is 3.08. The third-order valence-electron chi connectivity index (χ3n) is 2.09. The van der Waals surface area contributed by atoms with Gasteiger partial charge in [0.1, 0.15) is 0 Å². The first-order chi connectivity index (χ1) is 6.15. The fourth-order valence-corrected chi connectivity index (χ4v) is 1.68. The van der Waals surface area contributed by atoms with Crippen LogP contribution in [0.25, 0.3) is 0 Å². The third-order valence-corrected chi connectivity index (χ3v) is 2.37. The SMILES string of the molecule is C=CNC(C)c1ccc(S)cc1C. The van der Waals surface area contributed by atoms with Gasteiger partial charge in [0, 0.05) is 10.9 Å². The molecule has 0 aliphatic carbocycles. The lowest BCUT2D eigenvalue weighted by molar-refractivity contribution is 0.682. The van der Waals surface area contributed by atoms with Crippen LogP contribution < -0.4 is 5.32 Å². The Kier molecular flexibility index (Phi) is 3.43. The summed E-state index contributed by atoms with van der Waals surface area (Å²) in [4.78, 5) is 1.01. The molecule has 0 fully saturated rings. The van der Waals surface area contributed by atoms with E-state index in [0.717, 1.165) is 4.90 Å². The topological polar surface area (TPSA) is 12.0 Å². The number of nitrogens with one attached hydrogen (secondary N) is 1. The highest BCUT2D eigenvalue weighted by Gasteiger charge is 2.05. The molecular formula is C11H15NS. The Morgan fingerprint density at radius 2 is 2.23 bits per heavy atom. The molecule has 1 nitrogen and oxygen atoms in total. The zero-order valence-electron chi connectivity index (χ0n) is 8.04. The zero-order chi connectivity index (χ0) is 9.84. The molecule has 0 aliphatic rings. The molecule has 0 saturated carbocycles. The van der Waals surface area contributed by atoms with Crippen LogP contribution in [0.5, 0.6) is 0 Å². The monoisotopic (exact) mass is 193 g/mol. The maximum Gasteiger partial charge on any atom is 0.0482 e. The Labute approximate surface area is 85.3 Å². The quantitative estimate of drug-likeness (QED) is 0.703. The van der Waals surface area contributed by atoms with Gasteiger partial charge in [-0.05, 0) is 43.3 Å². The average molecular weight is 193 g/mol. The molecule has 1 unspecified atom stereocenters. The Bertz CT molecular complexity index is 307. The van der Waals surface area contributed by atoms with Crippen LogP contribution in [0.4, 0.5) is 0 Å². The van der Waals surface area contributed by atoms with Gasteiger partial charge in [0.25, 0.3) is 0 Å². The minimum absolute atomic E-state index is 0.312. The molecule has 1 aromatic carbocycles. The molecule has 0 saturated heterocycles. The van der Waals surface area contributed by atoms with Crippen LogP contribution in [-0.4, -0.2) is 0 Å². The van der Waals surface area contributed by atoms with E-state index in [1.165, 1.54) is 11.1 Å².